The van der Waals surface area contributed by atoms with Gasteiger partial charge in [-0.15, -0.1) is 23.1 Å². The van der Waals surface area contributed by atoms with Crippen molar-refractivity contribution in [3.8, 4) is 0 Å². The van der Waals surface area contributed by atoms with Gasteiger partial charge in [-0.3, -0.25) is 24.1 Å². The Labute approximate surface area is 299 Å². The molecule has 272 valence electrons. The Kier molecular flexibility index (Phi) is 9.97. The number of hydrogen-bond donors (Lipinski definition) is 6. The number of nitrogens with two attached hydrogens (primary N) is 1. The number of carboxylic acids is 2. The molecule has 17 nitrogen and oxygen atoms in total. The molecule has 4 fully saturated rings. The van der Waals surface area contributed by atoms with Crippen LogP contribution in [0, 0.1) is 5.41 Å². The highest BCUT2D eigenvalue weighted by molar-refractivity contribution is 8.00. The van der Waals surface area contributed by atoms with E-state index in [4.69, 9.17) is 10.6 Å². The molecule has 1 aromatic heterocycles. The highest BCUT2D eigenvalue weighted by Crippen LogP contribution is 2.46. The number of hydrogen-bond acceptors (Lipinski definition) is 13. The molecular formula is C32H38N7O10S2+. The molecule has 1 aliphatic carbocycles. The second-order valence-electron chi connectivity index (χ2n) is 13.4. The number of thioether (sulfide) groups is 1. The van der Waals surface area contributed by atoms with E-state index < -0.39 is 47.1 Å². The molecule has 5 aliphatic heterocycles. The van der Waals surface area contributed by atoms with Crippen LogP contribution in [0.15, 0.2) is 45.3 Å². The van der Waals surface area contributed by atoms with E-state index in [1.54, 1.807) is 6.92 Å². The first-order valence-electron chi connectivity index (χ1n) is 16.4. The number of carbonyl (C=O) groups excluding carboxylic acids is 4. The number of allylic oxidation sites excluding steroid dienone is 2. The Hall–Kier alpha value is -4.75. The third-order valence-corrected chi connectivity index (χ3v) is 12.3. The molecule has 0 unspecified atom stereocenters. The predicted octanol–water partition coefficient (Wildman–Crippen LogP) is 0.506. The number of carbonyl (C=O) groups is 6. The minimum absolute atomic E-state index is 0.0311. The molecular weight excluding hydrogens is 707 g/mol. The second kappa shape index (κ2) is 14.1. The molecule has 6 aliphatic rings. The largest absolute Gasteiger partial charge is 0.504 e. The number of carboxylic acid groups (broad SMARTS) is 2. The number of aliphatic carboxylic acids is 2. The SMILES string of the molecule is CC[C@H](O/N=C(\C(=O)N[C@@H]1C(=O)N2C(C(=O)O)=C(C[N+]34CCC(CNC(=O)C5=CC(=O)C(O)=CC5)(CC3)CC4)CS[C@H]12)c1csc(N)n1)C(=O)O. The van der Waals surface area contributed by atoms with Crippen molar-refractivity contribution in [1.29, 1.82) is 0 Å². The molecule has 1 aromatic rings. The number of ketones is 1. The first-order chi connectivity index (χ1) is 24.2. The number of nitrogen functional groups attached to an aromatic ring is 1. The summed E-state index contributed by atoms with van der Waals surface area (Å²) in [5.41, 5.74) is 6.15. The lowest BCUT2D eigenvalue weighted by molar-refractivity contribution is -0.941. The third kappa shape index (κ3) is 7.09. The number of thiazole rings is 1. The molecule has 19 heteroatoms. The standard InChI is InChI=1S/C32H37N7O10S2/c1-2-21(29(45)46)49-37-22(18-14-51-31(33)35-18)26(43)36-23-27(44)38-24(30(47)48)17(13-50-28(23)38)12-39-8-5-32(6-9-39,7-10-39)15-34-25(42)16-3-4-19(40)20(41)11-16/h4,11,14,21,23,28H,2-3,5-10,12-13,15H2,1H3,(H6-,33,34,35,36,40,42,43,45,46,47,48)/p+1/b37-22-/t21-,23+,28+,32?,39?/m0/s1. The Balaban J connectivity index is 1.10. The molecule has 0 spiro atoms. The van der Waals surface area contributed by atoms with Gasteiger partial charge in [0.1, 0.15) is 29.4 Å². The zero-order chi connectivity index (χ0) is 36.7. The fraction of sp³-hybridized carbons (Fsp3) is 0.500. The highest BCUT2D eigenvalue weighted by atomic mass is 32.2. The van der Waals surface area contributed by atoms with Gasteiger partial charge in [-0.1, -0.05) is 12.1 Å². The van der Waals surface area contributed by atoms with Crippen LogP contribution in [-0.2, 0) is 33.6 Å². The van der Waals surface area contributed by atoms with Crippen LogP contribution in [0.4, 0.5) is 5.13 Å². The molecule has 4 saturated heterocycles. The van der Waals surface area contributed by atoms with Crippen LogP contribution in [0.3, 0.4) is 0 Å². The van der Waals surface area contributed by atoms with Crippen LogP contribution in [0.5, 0.6) is 0 Å². The van der Waals surface area contributed by atoms with E-state index in [2.05, 4.69) is 20.8 Å². The first-order valence-corrected chi connectivity index (χ1v) is 18.3. The average Bonchev–Trinajstić information content (AvgIpc) is 3.54. The number of aliphatic hydroxyl groups excluding tert-OH is 1. The van der Waals surface area contributed by atoms with Crippen LogP contribution in [0.2, 0.25) is 0 Å². The molecule has 0 aromatic carbocycles. The summed E-state index contributed by atoms with van der Waals surface area (Å²) >= 11 is 2.38. The van der Waals surface area contributed by atoms with E-state index in [-0.39, 0.29) is 52.2 Å². The number of aromatic nitrogens is 1. The average molecular weight is 745 g/mol. The summed E-state index contributed by atoms with van der Waals surface area (Å²) in [5.74, 6) is -4.90. The maximum atomic E-state index is 13.5. The van der Waals surface area contributed by atoms with E-state index in [0.29, 0.717) is 34.5 Å². The zero-order valence-corrected chi connectivity index (χ0v) is 29.3. The predicted molar refractivity (Wildman–Crippen MR) is 183 cm³/mol. The fourth-order valence-corrected chi connectivity index (χ4v) is 9.09. The Bertz CT molecular complexity index is 1790. The van der Waals surface area contributed by atoms with Crippen LogP contribution < -0.4 is 16.4 Å². The molecule has 3 amide bonds. The summed E-state index contributed by atoms with van der Waals surface area (Å²) in [7, 11) is 0. The number of amides is 3. The summed E-state index contributed by atoms with van der Waals surface area (Å²) in [6.07, 6.45) is 3.88. The van der Waals surface area contributed by atoms with Gasteiger partial charge in [0.05, 0.1) is 19.6 Å². The monoisotopic (exact) mass is 744 g/mol. The third-order valence-electron chi connectivity index (χ3n) is 10.3. The van der Waals surface area contributed by atoms with Gasteiger partial charge in [0.2, 0.25) is 17.8 Å². The van der Waals surface area contributed by atoms with Crippen molar-refractivity contribution in [3.63, 3.8) is 0 Å². The number of anilines is 1. The van der Waals surface area contributed by atoms with E-state index in [9.17, 15) is 44.1 Å². The number of β-lactam (4-membered cyclic amide) rings is 1. The molecule has 7 rings (SSSR count). The van der Waals surface area contributed by atoms with Crippen LogP contribution >= 0.6 is 23.1 Å². The van der Waals surface area contributed by atoms with Crippen molar-refractivity contribution >= 4 is 69.4 Å². The number of nitrogens with one attached hydrogen (secondary N) is 2. The second-order valence-corrected chi connectivity index (χ2v) is 15.4. The van der Waals surface area contributed by atoms with Gasteiger partial charge in [0.25, 0.3) is 11.8 Å². The van der Waals surface area contributed by atoms with Gasteiger partial charge in [-0.05, 0) is 25.0 Å². The lowest BCUT2D eigenvalue weighted by Gasteiger charge is -2.56. The number of oxime groups is 1. The Morgan fingerprint density at radius 3 is 2.49 bits per heavy atom. The number of quaternary nitrogens is 1. The van der Waals surface area contributed by atoms with E-state index in [1.165, 1.54) is 28.1 Å². The van der Waals surface area contributed by atoms with Crippen molar-refractivity contribution in [1.82, 2.24) is 20.5 Å². The van der Waals surface area contributed by atoms with Crippen LogP contribution in [0.25, 0.3) is 0 Å². The summed E-state index contributed by atoms with van der Waals surface area (Å²) in [5, 5.41) is 39.4. The number of aliphatic hydroxyl groups is 1. The fourth-order valence-electron chi connectivity index (χ4n) is 7.20. The Morgan fingerprint density at radius 2 is 1.90 bits per heavy atom. The van der Waals surface area contributed by atoms with Gasteiger partial charge < -0.3 is 41.0 Å². The van der Waals surface area contributed by atoms with Gasteiger partial charge in [0, 0.05) is 53.5 Å². The number of rotatable bonds is 13. The number of fused-ring (bicyclic) bond motifs is 4. The minimum Gasteiger partial charge on any atom is -0.504 e. The van der Waals surface area contributed by atoms with Crippen molar-refractivity contribution in [2.45, 2.75) is 56.5 Å². The van der Waals surface area contributed by atoms with Crippen molar-refractivity contribution in [2.24, 2.45) is 10.6 Å². The van der Waals surface area contributed by atoms with E-state index >= 15 is 0 Å². The normalized spacial score (nSPS) is 27.9. The highest BCUT2D eigenvalue weighted by Gasteiger charge is 2.56. The molecule has 2 bridgehead atoms. The van der Waals surface area contributed by atoms with Crippen molar-refractivity contribution in [3.05, 3.63) is 45.8 Å². The van der Waals surface area contributed by atoms with E-state index in [0.717, 1.165) is 56.3 Å². The van der Waals surface area contributed by atoms with Crippen LogP contribution in [-0.4, -0.2) is 127 Å². The smallest absolute Gasteiger partial charge is 0.352 e. The summed E-state index contributed by atoms with van der Waals surface area (Å²) in [6.45, 7) is 4.81. The number of nitrogens with zero attached hydrogens (tertiary/aromatic N) is 4. The lowest BCUT2D eigenvalue weighted by atomic mass is 9.70. The molecule has 6 heterocycles. The number of piperidine rings is 3. The zero-order valence-electron chi connectivity index (χ0n) is 27.6. The topological polar surface area (TPSA) is 251 Å². The summed E-state index contributed by atoms with van der Waals surface area (Å²) < 4.78 is 0.671. The molecule has 3 atom stereocenters. The van der Waals surface area contributed by atoms with Gasteiger partial charge in [0.15, 0.2) is 16.6 Å². The summed E-state index contributed by atoms with van der Waals surface area (Å²) in [4.78, 5) is 85.8. The van der Waals surface area contributed by atoms with Crippen molar-refractivity contribution < 1.29 is 53.4 Å². The molecule has 7 N–H and O–H groups in total. The maximum Gasteiger partial charge on any atom is 0.352 e. The van der Waals surface area contributed by atoms with Gasteiger partial charge >= 0.3 is 11.9 Å². The minimum atomic E-state index is -1.32. The quantitative estimate of drug-likeness (QED) is 0.0698. The van der Waals surface area contributed by atoms with Crippen LogP contribution in [0.1, 0.15) is 44.7 Å². The van der Waals surface area contributed by atoms with Gasteiger partial charge in [-0.2, -0.15) is 0 Å². The van der Waals surface area contributed by atoms with Gasteiger partial charge in [-0.25, -0.2) is 14.6 Å². The first kappa shape index (κ1) is 36.1. The Morgan fingerprint density at radius 1 is 1.20 bits per heavy atom. The summed E-state index contributed by atoms with van der Waals surface area (Å²) in [6, 6.07) is -1.07. The molecule has 0 radical (unpaired) electrons. The van der Waals surface area contributed by atoms with E-state index in [1.807, 2.05) is 0 Å². The van der Waals surface area contributed by atoms with Crippen molar-refractivity contribution in [2.75, 3.05) is 44.2 Å². The lowest BCUT2D eigenvalue weighted by Crippen LogP contribution is -2.71. The maximum absolute atomic E-state index is 13.5. The molecule has 51 heavy (non-hydrogen) atoms. The molecule has 0 saturated carbocycles.